The fraction of sp³-hybridized carbons (Fsp3) is 0.571. The molecular weight excluding hydrogens is 316 g/mol. The summed E-state index contributed by atoms with van der Waals surface area (Å²) in [6.07, 6.45) is 3.38. The molecule has 1 N–H and O–H groups in total. The minimum absolute atomic E-state index is 0.401. The molecule has 1 aromatic rings. The summed E-state index contributed by atoms with van der Waals surface area (Å²) in [5.74, 6) is 2.53. The lowest BCUT2D eigenvalue weighted by Crippen LogP contribution is -2.07. The summed E-state index contributed by atoms with van der Waals surface area (Å²) in [6.45, 7) is 0. The summed E-state index contributed by atoms with van der Waals surface area (Å²) in [5.41, 5.74) is 0.816. The highest BCUT2D eigenvalue weighted by molar-refractivity contribution is 9.10. The molecule has 18 heavy (non-hydrogen) atoms. The van der Waals surface area contributed by atoms with Gasteiger partial charge in [0, 0.05) is 10.6 Å². The molecule has 3 rings (SSSR count). The Morgan fingerprint density at radius 2 is 2.06 bits per heavy atom. The lowest BCUT2D eigenvalue weighted by Gasteiger charge is -2.18. The molecule has 2 aliphatic rings. The Kier molecular flexibility index (Phi) is 3.33. The molecule has 0 radical (unpaired) electrons. The number of benzene rings is 1. The Morgan fingerprint density at radius 1 is 1.39 bits per heavy atom. The number of aliphatic hydroxyl groups excluding tert-OH is 1. The number of hydrogen-bond donors (Lipinski definition) is 1. The maximum atomic E-state index is 10.6. The second-order valence-electron chi connectivity index (χ2n) is 5.29. The molecular formula is C14H16BrClO2. The Labute approximate surface area is 120 Å². The van der Waals surface area contributed by atoms with Gasteiger partial charge in [-0.3, -0.25) is 0 Å². The summed E-state index contributed by atoms with van der Waals surface area (Å²) in [5, 5.41) is 11.2. The van der Waals surface area contributed by atoms with E-state index in [1.165, 1.54) is 19.3 Å². The van der Waals surface area contributed by atoms with E-state index in [1.807, 2.05) is 6.07 Å². The predicted molar refractivity (Wildman–Crippen MR) is 75.0 cm³/mol. The van der Waals surface area contributed by atoms with Crippen LogP contribution in [0.5, 0.6) is 5.75 Å². The zero-order valence-corrected chi connectivity index (χ0v) is 12.5. The van der Waals surface area contributed by atoms with Crippen LogP contribution in [0.25, 0.3) is 0 Å². The first-order valence-corrected chi connectivity index (χ1v) is 7.51. The van der Waals surface area contributed by atoms with Gasteiger partial charge in [0.1, 0.15) is 5.75 Å². The number of rotatable bonds is 3. The quantitative estimate of drug-likeness (QED) is 0.900. The van der Waals surface area contributed by atoms with Gasteiger partial charge in [-0.25, -0.2) is 0 Å². The van der Waals surface area contributed by atoms with Crippen LogP contribution in [0.3, 0.4) is 0 Å². The first kappa shape index (κ1) is 12.8. The molecule has 2 saturated carbocycles. The number of aliphatic hydroxyl groups is 1. The second-order valence-corrected chi connectivity index (χ2v) is 6.58. The van der Waals surface area contributed by atoms with Crippen LogP contribution < -0.4 is 4.74 Å². The van der Waals surface area contributed by atoms with Gasteiger partial charge in [-0.05, 0) is 58.7 Å². The van der Waals surface area contributed by atoms with Crippen LogP contribution in [0, 0.1) is 17.8 Å². The highest BCUT2D eigenvalue weighted by Crippen LogP contribution is 2.63. The van der Waals surface area contributed by atoms with Crippen LogP contribution in [0.15, 0.2) is 16.6 Å². The molecule has 98 valence electrons. The van der Waals surface area contributed by atoms with Crippen LogP contribution >= 0.6 is 27.5 Å². The summed E-state index contributed by atoms with van der Waals surface area (Å²) in [4.78, 5) is 0. The number of methoxy groups -OCH3 is 1. The second kappa shape index (κ2) is 4.69. The van der Waals surface area contributed by atoms with Gasteiger partial charge in [0.25, 0.3) is 0 Å². The molecule has 0 aliphatic heterocycles. The van der Waals surface area contributed by atoms with Gasteiger partial charge in [-0.2, -0.15) is 0 Å². The Bertz CT molecular complexity index is 467. The van der Waals surface area contributed by atoms with Crippen molar-refractivity contribution in [2.24, 2.45) is 17.8 Å². The smallest absolute Gasteiger partial charge is 0.138 e. The van der Waals surface area contributed by atoms with E-state index in [2.05, 4.69) is 15.9 Å². The van der Waals surface area contributed by atoms with Crippen molar-refractivity contribution >= 4 is 27.5 Å². The van der Waals surface area contributed by atoms with Crippen molar-refractivity contribution in [3.63, 3.8) is 0 Å². The maximum absolute atomic E-state index is 10.6. The molecule has 2 nitrogen and oxygen atoms in total. The molecule has 1 aromatic carbocycles. The molecule has 3 atom stereocenters. The highest BCUT2D eigenvalue weighted by atomic mass is 79.9. The van der Waals surface area contributed by atoms with Gasteiger partial charge in [0.2, 0.25) is 0 Å². The van der Waals surface area contributed by atoms with Gasteiger partial charge in [0.05, 0.1) is 17.7 Å². The van der Waals surface area contributed by atoms with Gasteiger partial charge in [0.15, 0.2) is 0 Å². The number of fused-ring (bicyclic) bond motifs is 1. The van der Waals surface area contributed by atoms with E-state index in [4.69, 9.17) is 16.3 Å². The Morgan fingerprint density at radius 3 is 2.67 bits per heavy atom. The standard InChI is InChI=1S/C14H16BrClO2/c1-18-14-10(5-7(16)6-11(14)15)13(17)12-8-3-2-4-9(8)12/h5-6,8-9,12-13,17H,2-4H2,1H3. The van der Waals surface area contributed by atoms with Crippen molar-refractivity contribution < 1.29 is 9.84 Å². The van der Waals surface area contributed by atoms with Gasteiger partial charge in [-0.1, -0.05) is 18.0 Å². The molecule has 2 aliphatic carbocycles. The normalized spacial score (nSPS) is 31.0. The van der Waals surface area contributed by atoms with Crippen LogP contribution in [0.4, 0.5) is 0 Å². The molecule has 3 unspecified atom stereocenters. The molecule has 0 heterocycles. The van der Waals surface area contributed by atoms with E-state index < -0.39 is 6.10 Å². The van der Waals surface area contributed by atoms with E-state index in [0.29, 0.717) is 28.5 Å². The van der Waals surface area contributed by atoms with Crippen molar-refractivity contribution in [2.75, 3.05) is 7.11 Å². The largest absolute Gasteiger partial charge is 0.495 e. The third kappa shape index (κ3) is 1.97. The summed E-state index contributed by atoms with van der Waals surface area (Å²) in [6, 6.07) is 3.62. The lowest BCUT2D eigenvalue weighted by molar-refractivity contribution is 0.133. The third-order valence-electron chi connectivity index (χ3n) is 4.40. The van der Waals surface area contributed by atoms with E-state index in [-0.39, 0.29) is 0 Å². The third-order valence-corrected chi connectivity index (χ3v) is 5.20. The van der Waals surface area contributed by atoms with Crippen LogP contribution in [-0.2, 0) is 0 Å². The molecule has 0 bridgehead atoms. The Balaban J connectivity index is 1.91. The maximum Gasteiger partial charge on any atom is 0.138 e. The molecule has 0 spiro atoms. The molecule has 0 amide bonds. The van der Waals surface area contributed by atoms with Gasteiger partial charge in [-0.15, -0.1) is 0 Å². The average molecular weight is 332 g/mol. The summed E-state index contributed by atoms with van der Waals surface area (Å²) < 4.78 is 6.19. The minimum atomic E-state index is -0.453. The van der Waals surface area contributed by atoms with E-state index in [9.17, 15) is 5.11 Å². The van der Waals surface area contributed by atoms with Crippen LogP contribution in [-0.4, -0.2) is 12.2 Å². The molecule has 4 heteroatoms. The fourth-order valence-electron chi connectivity index (χ4n) is 3.57. The topological polar surface area (TPSA) is 29.5 Å². The monoisotopic (exact) mass is 330 g/mol. The van der Waals surface area contributed by atoms with E-state index in [1.54, 1.807) is 13.2 Å². The summed E-state index contributed by atoms with van der Waals surface area (Å²) >= 11 is 9.51. The van der Waals surface area contributed by atoms with Crippen LogP contribution in [0.2, 0.25) is 5.02 Å². The zero-order valence-electron chi connectivity index (χ0n) is 10.2. The van der Waals surface area contributed by atoms with Crippen LogP contribution in [0.1, 0.15) is 30.9 Å². The van der Waals surface area contributed by atoms with E-state index >= 15 is 0 Å². The van der Waals surface area contributed by atoms with Gasteiger partial charge >= 0.3 is 0 Å². The first-order valence-electron chi connectivity index (χ1n) is 6.34. The Hall–Kier alpha value is -0.250. The lowest BCUT2D eigenvalue weighted by atomic mass is 9.99. The molecule has 0 saturated heterocycles. The van der Waals surface area contributed by atoms with Gasteiger partial charge < -0.3 is 9.84 Å². The highest BCUT2D eigenvalue weighted by Gasteiger charge is 2.56. The summed E-state index contributed by atoms with van der Waals surface area (Å²) in [7, 11) is 1.62. The van der Waals surface area contributed by atoms with Crippen molar-refractivity contribution in [1.29, 1.82) is 0 Å². The average Bonchev–Trinajstić information content (AvgIpc) is 2.80. The minimum Gasteiger partial charge on any atom is -0.495 e. The van der Waals surface area contributed by atoms with Crippen molar-refractivity contribution in [3.8, 4) is 5.75 Å². The fourth-order valence-corrected chi connectivity index (χ4v) is 4.56. The van der Waals surface area contributed by atoms with Crippen molar-refractivity contribution in [2.45, 2.75) is 25.4 Å². The van der Waals surface area contributed by atoms with Crippen molar-refractivity contribution in [3.05, 3.63) is 27.2 Å². The number of ether oxygens (including phenoxy) is 1. The van der Waals surface area contributed by atoms with E-state index in [0.717, 1.165) is 10.0 Å². The number of halogens is 2. The molecule has 2 fully saturated rings. The van der Waals surface area contributed by atoms with Crippen molar-refractivity contribution in [1.82, 2.24) is 0 Å². The zero-order chi connectivity index (χ0) is 12.9. The predicted octanol–water partition coefficient (Wildman–Crippen LogP) is 4.19. The molecule has 0 aromatic heterocycles. The first-order chi connectivity index (χ1) is 8.63. The SMILES string of the molecule is COc1c(Br)cc(Cl)cc1C(O)C1C2CCCC21. The number of hydrogen-bond acceptors (Lipinski definition) is 2.